The molecule has 1 aliphatic heterocycles. The quantitative estimate of drug-likeness (QED) is 0.425. The van der Waals surface area contributed by atoms with Crippen molar-refractivity contribution in [3.63, 3.8) is 0 Å². The van der Waals surface area contributed by atoms with Crippen LogP contribution in [0.4, 0.5) is 5.82 Å². The SMILES string of the molecule is CC(=O)OC[C@@H]1O[C@@H](n2cnc3c(NCC4CC4)nc(C#N)nc32)[C@H](OC(C)=O)[C@@H]1OC(C)=O. The molecule has 1 N–H and O–H groups in total. The smallest absolute Gasteiger partial charge is 0.303 e. The Balaban J connectivity index is 1.73. The molecule has 0 spiro atoms. The monoisotopic (exact) mass is 472 g/mol. The molecule has 4 atom stereocenters. The molecule has 13 nitrogen and oxygen atoms in total. The van der Waals surface area contributed by atoms with Gasteiger partial charge >= 0.3 is 17.9 Å². The zero-order chi connectivity index (χ0) is 24.4. The number of carbonyl (C=O) groups excluding carboxylic acids is 3. The zero-order valence-corrected chi connectivity index (χ0v) is 18.9. The van der Waals surface area contributed by atoms with Crippen LogP contribution in [-0.4, -0.2) is 68.9 Å². The highest BCUT2D eigenvalue weighted by atomic mass is 16.7. The van der Waals surface area contributed by atoms with Crippen molar-refractivity contribution in [2.45, 2.75) is 58.2 Å². The van der Waals surface area contributed by atoms with Crippen LogP contribution in [0.1, 0.15) is 45.7 Å². The first-order valence-electron chi connectivity index (χ1n) is 10.8. The lowest BCUT2D eigenvalue weighted by Crippen LogP contribution is -2.40. The molecule has 13 heteroatoms. The number of rotatable bonds is 8. The first-order chi connectivity index (χ1) is 16.3. The van der Waals surface area contributed by atoms with E-state index in [0.717, 1.165) is 12.8 Å². The minimum atomic E-state index is -1.09. The van der Waals surface area contributed by atoms with Crippen LogP contribution in [0.25, 0.3) is 11.2 Å². The van der Waals surface area contributed by atoms with Crippen LogP contribution in [-0.2, 0) is 33.3 Å². The minimum Gasteiger partial charge on any atom is -0.463 e. The first kappa shape index (κ1) is 23.4. The summed E-state index contributed by atoms with van der Waals surface area (Å²) in [6.45, 7) is 4.11. The van der Waals surface area contributed by atoms with E-state index in [-0.39, 0.29) is 18.1 Å². The highest BCUT2D eigenvalue weighted by Gasteiger charge is 2.51. The normalized spacial score (nSPS) is 23.8. The third-order valence-corrected chi connectivity index (χ3v) is 5.39. The highest BCUT2D eigenvalue weighted by Crippen LogP contribution is 2.37. The number of nitriles is 1. The predicted octanol–water partition coefficient (Wildman–Crippen LogP) is 0.844. The Bertz CT molecular complexity index is 1150. The van der Waals surface area contributed by atoms with E-state index in [2.05, 4.69) is 20.3 Å². The second-order valence-electron chi connectivity index (χ2n) is 8.17. The number of hydrogen-bond acceptors (Lipinski definition) is 12. The molecule has 2 aliphatic rings. The summed E-state index contributed by atoms with van der Waals surface area (Å²) in [5, 5.41) is 12.7. The molecule has 34 heavy (non-hydrogen) atoms. The van der Waals surface area contributed by atoms with Gasteiger partial charge in [-0.25, -0.2) is 4.98 Å². The molecule has 2 aromatic heterocycles. The molecule has 0 radical (unpaired) electrons. The molecule has 0 bridgehead atoms. The minimum absolute atomic E-state index is 0.0809. The van der Waals surface area contributed by atoms with E-state index in [1.165, 1.54) is 31.7 Å². The van der Waals surface area contributed by atoms with Crippen molar-refractivity contribution in [2.24, 2.45) is 5.92 Å². The fraction of sp³-hybridized carbons (Fsp3) is 0.571. The van der Waals surface area contributed by atoms with E-state index in [1.54, 1.807) is 0 Å². The Morgan fingerprint density at radius 2 is 1.85 bits per heavy atom. The number of carbonyl (C=O) groups is 3. The Morgan fingerprint density at radius 1 is 1.15 bits per heavy atom. The number of nitrogens with one attached hydrogen (secondary N) is 1. The maximum Gasteiger partial charge on any atom is 0.303 e. The summed E-state index contributed by atoms with van der Waals surface area (Å²) in [4.78, 5) is 47.9. The molecule has 4 rings (SSSR count). The Morgan fingerprint density at radius 3 is 2.47 bits per heavy atom. The number of anilines is 1. The molecule has 0 amide bonds. The first-order valence-corrected chi connectivity index (χ1v) is 10.8. The van der Waals surface area contributed by atoms with Crippen molar-refractivity contribution in [3.8, 4) is 6.07 Å². The van der Waals surface area contributed by atoms with Crippen LogP contribution in [0.15, 0.2) is 6.33 Å². The number of ether oxygens (including phenoxy) is 4. The predicted molar refractivity (Wildman–Crippen MR) is 113 cm³/mol. The van der Waals surface area contributed by atoms with Gasteiger partial charge in [0.2, 0.25) is 5.82 Å². The Labute approximate surface area is 194 Å². The number of imidazole rings is 1. The summed E-state index contributed by atoms with van der Waals surface area (Å²) < 4.78 is 23.4. The van der Waals surface area contributed by atoms with Gasteiger partial charge in [-0.05, 0) is 18.8 Å². The van der Waals surface area contributed by atoms with Crippen molar-refractivity contribution >= 4 is 34.9 Å². The van der Waals surface area contributed by atoms with Crippen molar-refractivity contribution < 1.29 is 33.3 Å². The molecule has 0 unspecified atom stereocenters. The van der Waals surface area contributed by atoms with Crippen molar-refractivity contribution in [2.75, 3.05) is 18.5 Å². The van der Waals surface area contributed by atoms with Crippen LogP contribution in [0.2, 0.25) is 0 Å². The van der Waals surface area contributed by atoms with Crippen LogP contribution >= 0.6 is 0 Å². The second-order valence-corrected chi connectivity index (χ2v) is 8.17. The summed E-state index contributed by atoms with van der Waals surface area (Å²) in [6, 6.07) is 1.93. The molecular formula is C21H24N6O7. The number of esters is 3. The van der Waals surface area contributed by atoms with Crippen molar-refractivity contribution in [1.29, 1.82) is 5.26 Å². The van der Waals surface area contributed by atoms with Gasteiger partial charge in [0, 0.05) is 27.3 Å². The van der Waals surface area contributed by atoms with E-state index in [4.69, 9.17) is 18.9 Å². The Kier molecular flexibility index (Phi) is 6.60. The van der Waals surface area contributed by atoms with Gasteiger partial charge in [0.1, 0.15) is 18.8 Å². The average molecular weight is 472 g/mol. The van der Waals surface area contributed by atoms with Gasteiger partial charge < -0.3 is 24.3 Å². The maximum absolute atomic E-state index is 11.9. The molecule has 3 heterocycles. The van der Waals surface area contributed by atoms with Crippen LogP contribution in [0, 0.1) is 17.2 Å². The maximum atomic E-state index is 11.9. The molecule has 1 saturated carbocycles. The second kappa shape index (κ2) is 9.60. The Hall–Kier alpha value is -3.79. The topological polar surface area (TPSA) is 168 Å². The fourth-order valence-electron chi connectivity index (χ4n) is 3.76. The van der Waals surface area contributed by atoms with E-state index >= 15 is 0 Å². The number of fused-ring (bicyclic) bond motifs is 1. The molecule has 2 aromatic rings. The lowest BCUT2D eigenvalue weighted by molar-refractivity contribution is -0.166. The van der Waals surface area contributed by atoms with Gasteiger partial charge in [-0.15, -0.1) is 0 Å². The summed E-state index contributed by atoms with van der Waals surface area (Å²) in [5.41, 5.74) is 0.666. The summed E-state index contributed by atoms with van der Waals surface area (Å²) in [7, 11) is 0. The van der Waals surface area contributed by atoms with E-state index < -0.39 is 42.4 Å². The van der Waals surface area contributed by atoms with Gasteiger partial charge in [0.05, 0.1) is 6.33 Å². The number of nitrogens with zero attached hydrogens (tertiary/aromatic N) is 5. The lowest BCUT2D eigenvalue weighted by atomic mass is 10.1. The van der Waals surface area contributed by atoms with E-state index in [0.29, 0.717) is 23.8 Å². The molecule has 1 aliphatic carbocycles. The van der Waals surface area contributed by atoms with Crippen LogP contribution in [0.3, 0.4) is 0 Å². The molecule has 2 fully saturated rings. The molecule has 180 valence electrons. The van der Waals surface area contributed by atoms with Gasteiger partial charge in [0.15, 0.2) is 35.4 Å². The van der Waals surface area contributed by atoms with E-state index in [1.807, 2.05) is 6.07 Å². The van der Waals surface area contributed by atoms with Crippen molar-refractivity contribution in [1.82, 2.24) is 19.5 Å². The number of aromatic nitrogens is 4. The van der Waals surface area contributed by atoms with Gasteiger partial charge in [0.25, 0.3) is 0 Å². The summed E-state index contributed by atoms with van der Waals surface area (Å²) in [5.74, 6) is -0.938. The lowest BCUT2D eigenvalue weighted by Gasteiger charge is -2.23. The van der Waals surface area contributed by atoms with E-state index in [9.17, 15) is 19.6 Å². The van der Waals surface area contributed by atoms with Gasteiger partial charge in [-0.1, -0.05) is 0 Å². The molecule has 1 saturated heterocycles. The third-order valence-electron chi connectivity index (χ3n) is 5.39. The van der Waals surface area contributed by atoms with Gasteiger partial charge in [-0.3, -0.25) is 19.0 Å². The summed E-state index contributed by atoms with van der Waals surface area (Å²) in [6.07, 6.45) is -0.441. The zero-order valence-electron chi connectivity index (χ0n) is 18.9. The molecular weight excluding hydrogens is 448 g/mol. The van der Waals surface area contributed by atoms with Crippen molar-refractivity contribution in [3.05, 3.63) is 12.2 Å². The highest BCUT2D eigenvalue weighted by molar-refractivity contribution is 5.83. The largest absolute Gasteiger partial charge is 0.463 e. The standard InChI is InChI=1S/C21H24N6O7/c1-10(28)31-8-14-17(32-11(2)29)18(33-12(3)30)21(34-14)27-9-24-16-19(23-7-13-4-5-13)25-15(6-22)26-20(16)27/h9,13-14,17-18,21H,4-5,7-8H2,1-3H3,(H,23,25,26)/t14-,17+,18+,21+/m0/s1. The van der Waals surface area contributed by atoms with Gasteiger partial charge in [-0.2, -0.15) is 15.2 Å². The molecule has 0 aromatic carbocycles. The fourth-order valence-corrected chi connectivity index (χ4v) is 3.76. The third kappa shape index (κ3) is 5.07. The summed E-state index contributed by atoms with van der Waals surface area (Å²) >= 11 is 0. The number of hydrogen-bond donors (Lipinski definition) is 1. The average Bonchev–Trinajstić information content (AvgIpc) is 3.43. The van der Waals surface area contributed by atoms with Crippen LogP contribution < -0.4 is 5.32 Å². The van der Waals surface area contributed by atoms with Crippen LogP contribution in [0.5, 0.6) is 0 Å².